The SMILES string of the molecule is COc1ccc(CCNCCCN2C(=O)c3c(ccc4[nH]c(-c5cccc(C(F)(F)F)c5)nc34)C(C)(C)C2=O)cc1OC. The maximum atomic E-state index is 13.7. The Morgan fingerprint density at radius 3 is 2.47 bits per heavy atom. The zero-order chi connectivity index (χ0) is 30.9. The minimum absolute atomic E-state index is 0.210. The van der Waals surface area contributed by atoms with Crippen molar-refractivity contribution in [3.63, 3.8) is 0 Å². The first-order valence-corrected chi connectivity index (χ1v) is 13.9. The number of benzene rings is 3. The van der Waals surface area contributed by atoms with Gasteiger partial charge in [0.15, 0.2) is 11.5 Å². The lowest BCUT2D eigenvalue weighted by Crippen LogP contribution is -2.52. The van der Waals surface area contributed by atoms with Crippen LogP contribution in [0, 0.1) is 0 Å². The number of imide groups is 1. The first-order chi connectivity index (χ1) is 20.5. The van der Waals surface area contributed by atoms with E-state index in [1.807, 2.05) is 18.2 Å². The van der Waals surface area contributed by atoms with Crippen molar-refractivity contribution in [2.75, 3.05) is 33.9 Å². The summed E-state index contributed by atoms with van der Waals surface area (Å²) in [6.07, 6.45) is -3.20. The molecule has 226 valence electrons. The van der Waals surface area contributed by atoms with E-state index in [0.29, 0.717) is 47.6 Å². The quantitative estimate of drug-likeness (QED) is 0.179. The molecule has 0 saturated carbocycles. The highest BCUT2D eigenvalue weighted by Gasteiger charge is 2.45. The van der Waals surface area contributed by atoms with Crippen LogP contribution in [0.2, 0.25) is 0 Å². The lowest BCUT2D eigenvalue weighted by molar-refractivity contribution is -0.137. The number of nitrogens with zero attached hydrogens (tertiary/aromatic N) is 2. The number of methoxy groups -OCH3 is 2. The van der Waals surface area contributed by atoms with Crippen molar-refractivity contribution in [2.24, 2.45) is 0 Å². The Bertz CT molecular complexity index is 1680. The van der Waals surface area contributed by atoms with Gasteiger partial charge in [-0.15, -0.1) is 0 Å². The van der Waals surface area contributed by atoms with Crippen LogP contribution in [0.25, 0.3) is 22.4 Å². The number of fused-ring (bicyclic) bond motifs is 3. The molecule has 0 fully saturated rings. The Morgan fingerprint density at radius 1 is 0.977 bits per heavy atom. The van der Waals surface area contributed by atoms with Gasteiger partial charge in [0.1, 0.15) is 11.3 Å². The summed E-state index contributed by atoms with van der Waals surface area (Å²) in [5.41, 5.74) is 1.20. The Balaban J connectivity index is 1.30. The molecule has 2 heterocycles. The highest BCUT2D eigenvalue weighted by atomic mass is 19.4. The molecule has 0 saturated heterocycles. The predicted molar refractivity (Wildman–Crippen MR) is 156 cm³/mol. The van der Waals surface area contributed by atoms with Crippen molar-refractivity contribution in [3.8, 4) is 22.9 Å². The summed E-state index contributed by atoms with van der Waals surface area (Å²) in [4.78, 5) is 36.1. The van der Waals surface area contributed by atoms with Crippen LogP contribution < -0.4 is 14.8 Å². The number of carbonyl (C=O) groups is 2. The molecular weight excluding hydrogens is 561 g/mol. The van der Waals surface area contributed by atoms with Crippen LogP contribution in [0.15, 0.2) is 54.6 Å². The fourth-order valence-electron chi connectivity index (χ4n) is 5.43. The van der Waals surface area contributed by atoms with E-state index in [-0.39, 0.29) is 29.4 Å². The van der Waals surface area contributed by atoms with Crippen molar-refractivity contribution >= 4 is 22.8 Å². The Labute approximate surface area is 247 Å². The highest BCUT2D eigenvalue weighted by Crippen LogP contribution is 2.39. The molecule has 3 aromatic carbocycles. The molecule has 0 aliphatic carbocycles. The van der Waals surface area contributed by atoms with Gasteiger partial charge < -0.3 is 19.8 Å². The molecule has 1 aliphatic heterocycles. The number of nitrogens with one attached hydrogen (secondary N) is 2. The lowest BCUT2D eigenvalue weighted by atomic mass is 9.76. The van der Waals surface area contributed by atoms with Crippen molar-refractivity contribution in [1.82, 2.24) is 20.2 Å². The number of rotatable bonds is 10. The number of amides is 2. The molecule has 11 heteroatoms. The molecule has 2 N–H and O–H groups in total. The average Bonchev–Trinajstić information content (AvgIpc) is 3.43. The van der Waals surface area contributed by atoms with Gasteiger partial charge in [0.25, 0.3) is 5.91 Å². The Hall–Kier alpha value is -4.38. The summed E-state index contributed by atoms with van der Waals surface area (Å²) in [6, 6.07) is 14.0. The average molecular weight is 595 g/mol. The number of ether oxygens (including phenoxy) is 2. The van der Waals surface area contributed by atoms with Crippen LogP contribution in [0.1, 0.15) is 47.3 Å². The monoisotopic (exact) mass is 594 g/mol. The number of H-pyrrole nitrogens is 1. The van der Waals surface area contributed by atoms with Crippen molar-refractivity contribution < 1.29 is 32.2 Å². The molecule has 0 radical (unpaired) electrons. The molecule has 0 atom stereocenters. The van der Waals surface area contributed by atoms with Crippen LogP contribution in [0.4, 0.5) is 13.2 Å². The minimum Gasteiger partial charge on any atom is -0.493 e. The van der Waals surface area contributed by atoms with E-state index in [9.17, 15) is 22.8 Å². The molecule has 0 bridgehead atoms. The normalized spacial score (nSPS) is 14.7. The second-order valence-electron chi connectivity index (χ2n) is 11.0. The van der Waals surface area contributed by atoms with Gasteiger partial charge in [-0.3, -0.25) is 14.5 Å². The number of imidazole rings is 1. The molecular formula is C32H33F3N4O4. The summed E-state index contributed by atoms with van der Waals surface area (Å²) in [5.74, 6) is 0.777. The number of aromatic nitrogens is 2. The molecule has 0 spiro atoms. The largest absolute Gasteiger partial charge is 0.493 e. The third kappa shape index (κ3) is 5.81. The van der Waals surface area contributed by atoms with E-state index in [4.69, 9.17) is 9.47 Å². The van der Waals surface area contributed by atoms with E-state index < -0.39 is 23.1 Å². The van der Waals surface area contributed by atoms with Crippen LogP contribution in [-0.4, -0.2) is 60.5 Å². The van der Waals surface area contributed by atoms with Crippen molar-refractivity contribution in [1.29, 1.82) is 0 Å². The van der Waals surface area contributed by atoms with Gasteiger partial charge in [0, 0.05) is 12.1 Å². The molecule has 1 aliphatic rings. The second kappa shape index (κ2) is 11.7. The standard InChI is InChI=1S/C32H33F3N4O4/c1-31(2)22-10-11-23-27(38-28(37-23)20-7-5-8-21(18-20)32(33,34)35)26(22)29(40)39(30(31)41)16-6-14-36-15-13-19-9-12-24(42-3)25(17-19)43-4/h5,7-12,17-18,36H,6,13-16H2,1-4H3,(H,37,38). The van der Waals surface area contributed by atoms with Crippen LogP contribution >= 0.6 is 0 Å². The summed E-state index contributed by atoms with van der Waals surface area (Å²) in [7, 11) is 3.18. The first-order valence-electron chi connectivity index (χ1n) is 13.9. The van der Waals surface area contributed by atoms with E-state index >= 15 is 0 Å². The summed E-state index contributed by atoms with van der Waals surface area (Å²) >= 11 is 0. The maximum Gasteiger partial charge on any atom is 0.416 e. The van der Waals surface area contributed by atoms with E-state index in [1.54, 1.807) is 40.2 Å². The third-order valence-corrected chi connectivity index (χ3v) is 7.80. The zero-order valence-corrected chi connectivity index (χ0v) is 24.4. The third-order valence-electron chi connectivity index (χ3n) is 7.80. The smallest absolute Gasteiger partial charge is 0.416 e. The van der Waals surface area contributed by atoms with Crippen molar-refractivity contribution in [3.05, 3.63) is 76.9 Å². The van der Waals surface area contributed by atoms with Gasteiger partial charge in [-0.1, -0.05) is 24.3 Å². The maximum absolute atomic E-state index is 13.7. The van der Waals surface area contributed by atoms with Gasteiger partial charge in [0.2, 0.25) is 5.91 Å². The van der Waals surface area contributed by atoms with Gasteiger partial charge in [0.05, 0.1) is 36.3 Å². The summed E-state index contributed by atoms with van der Waals surface area (Å²) in [5, 5.41) is 3.36. The van der Waals surface area contributed by atoms with Crippen LogP contribution in [-0.2, 0) is 22.8 Å². The van der Waals surface area contributed by atoms with Gasteiger partial charge in [-0.2, -0.15) is 13.2 Å². The molecule has 2 amide bonds. The van der Waals surface area contributed by atoms with Crippen LogP contribution in [0.3, 0.4) is 0 Å². The van der Waals surface area contributed by atoms with E-state index in [0.717, 1.165) is 24.1 Å². The summed E-state index contributed by atoms with van der Waals surface area (Å²) < 4.78 is 50.5. The van der Waals surface area contributed by atoms with Crippen LogP contribution in [0.5, 0.6) is 11.5 Å². The number of carbonyl (C=O) groups excluding carboxylic acids is 2. The zero-order valence-electron chi connectivity index (χ0n) is 24.4. The highest BCUT2D eigenvalue weighted by molar-refractivity contribution is 6.18. The van der Waals surface area contributed by atoms with E-state index in [2.05, 4.69) is 15.3 Å². The number of alkyl halides is 3. The molecule has 5 rings (SSSR count). The lowest BCUT2D eigenvalue weighted by Gasteiger charge is -2.37. The van der Waals surface area contributed by atoms with Gasteiger partial charge in [-0.05, 0) is 81.2 Å². The molecule has 4 aromatic rings. The second-order valence-corrected chi connectivity index (χ2v) is 11.0. The first kappa shape index (κ1) is 30.1. The van der Waals surface area contributed by atoms with E-state index in [1.165, 1.54) is 17.0 Å². The fraction of sp³-hybridized carbons (Fsp3) is 0.344. The van der Waals surface area contributed by atoms with Gasteiger partial charge >= 0.3 is 6.18 Å². The number of hydrogen-bond donors (Lipinski definition) is 2. The molecule has 8 nitrogen and oxygen atoms in total. The topological polar surface area (TPSA) is 96.5 Å². The summed E-state index contributed by atoms with van der Waals surface area (Å²) in [6.45, 7) is 5.02. The number of halogens is 3. The number of hydrogen-bond acceptors (Lipinski definition) is 6. The Kier molecular flexibility index (Phi) is 8.20. The molecule has 1 aromatic heterocycles. The molecule has 43 heavy (non-hydrogen) atoms. The van der Waals surface area contributed by atoms with Gasteiger partial charge in [-0.25, -0.2) is 4.98 Å². The minimum atomic E-state index is -4.50. The predicted octanol–water partition coefficient (Wildman–Crippen LogP) is 5.75. The Morgan fingerprint density at radius 2 is 1.74 bits per heavy atom. The fourth-order valence-corrected chi connectivity index (χ4v) is 5.43. The van der Waals surface area contributed by atoms with Crippen molar-refractivity contribution in [2.45, 2.75) is 38.3 Å². The number of aromatic amines is 1. The molecule has 0 unspecified atom stereocenters.